The molecule has 32 heavy (non-hydrogen) atoms. The number of carbonyl (C=O) groups excluding carboxylic acids is 1. The van der Waals surface area contributed by atoms with E-state index >= 15 is 0 Å². The molecule has 1 aromatic carbocycles. The zero-order chi connectivity index (χ0) is 22.3. The predicted molar refractivity (Wildman–Crippen MR) is 121 cm³/mol. The van der Waals surface area contributed by atoms with E-state index in [0.29, 0.717) is 18.9 Å². The van der Waals surface area contributed by atoms with Gasteiger partial charge in [-0.1, -0.05) is 41.9 Å². The van der Waals surface area contributed by atoms with E-state index in [1.807, 2.05) is 36.4 Å². The molecule has 0 bridgehead atoms. The van der Waals surface area contributed by atoms with Crippen molar-refractivity contribution < 1.29 is 13.9 Å². The molecule has 168 valence electrons. The smallest absolute Gasteiger partial charge is 0.287 e. The first kappa shape index (κ1) is 22.3. The van der Waals surface area contributed by atoms with Gasteiger partial charge in [-0.3, -0.25) is 9.69 Å². The van der Waals surface area contributed by atoms with Crippen molar-refractivity contribution >= 4 is 23.6 Å². The first-order valence-corrected chi connectivity index (χ1v) is 10.9. The zero-order valence-corrected chi connectivity index (χ0v) is 18.7. The van der Waals surface area contributed by atoms with E-state index in [0.717, 1.165) is 48.3 Å². The number of hydrogen-bond donors (Lipinski definition) is 1. The second-order valence-corrected chi connectivity index (χ2v) is 8.08. The lowest BCUT2D eigenvalue weighted by molar-refractivity contribution is 0.0913. The van der Waals surface area contributed by atoms with E-state index in [9.17, 15) is 4.79 Å². The summed E-state index contributed by atoms with van der Waals surface area (Å²) in [6.07, 6.45) is 2.77. The standard InChI is InChI=1S/C23H26ClN5O3/c1-31-16-19-7-8-20(32-19)23(30)25-14-22-27-26-21-9-10-28(11-12-29(21)22)15-18(24)13-17-5-3-2-4-6-17/h2-8,13H,9-12,14-16H2,1H3,(H,25,30). The van der Waals surface area contributed by atoms with Gasteiger partial charge in [0.1, 0.15) is 18.2 Å². The first-order chi connectivity index (χ1) is 15.6. The van der Waals surface area contributed by atoms with Crippen LogP contribution in [-0.2, 0) is 30.9 Å². The summed E-state index contributed by atoms with van der Waals surface area (Å²) < 4.78 is 12.6. The van der Waals surface area contributed by atoms with Gasteiger partial charge in [0.05, 0.1) is 6.54 Å². The molecule has 0 atom stereocenters. The van der Waals surface area contributed by atoms with Crippen molar-refractivity contribution in [2.24, 2.45) is 0 Å². The molecular weight excluding hydrogens is 430 g/mol. The van der Waals surface area contributed by atoms with Gasteiger partial charge in [0, 0.05) is 44.7 Å². The number of rotatable bonds is 8. The van der Waals surface area contributed by atoms with Crippen LogP contribution in [0.15, 0.2) is 51.9 Å². The van der Waals surface area contributed by atoms with E-state index in [1.54, 1.807) is 19.2 Å². The number of halogens is 1. The van der Waals surface area contributed by atoms with Crippen LogP contribution in [0.1, 0.15) is 33.5 Å². The summed E-state index contributed by atoms with van der Waals surface area (Å²) in [5.41, 5.74) is 1.09. The van der Waals surface area contributed by atoms with Gasteiger partial charge >= 0.3 is 0 Å². The van der Waals surface area contributed by atoms with E-state index in [-0.39, 0.29) is 18.2 Å². The van der Waals surface area contributed by atoms with Gasteiger partial charge in [0.15, 0.2) is 11.6 Å². The number of benzene rings is 1. The highest BCUT2D eigenvalue weighted by Gasteiger charge is 2.20. The fourth-order valence-electron chi connectivity index (χ4n) is 3.67. The fraction of sp³-hybridized carbons (Fsp3) is 0.348. The van der Waals surface area contributed by atoms with Gasteiger partial charge in [0.2, 0.25) is 0 Å². The van der Waals surface area contributed by atoms with Crippen LogP contribution in [0.2, 0.25) is 0 Å². The van der Waals surface area contributed by atoms with Crippen molar-refractivity contribution in [2.45, 2.75) is 26.1 Å². The number of carbonyl (C=O) groups is 1. The molecule has 0 radical (unpaired) electrons. The molecule has 1 aliphatic rings. The van der Waals surface area contributed by atoms with Crippen LogP contribution >= 0.6 is 11.6 Å². The second kappa shape index (κ2) is 10.6. The highest BCUT2D eigenvalue weighted by molar-refractivity contribution is 6.31. The molecule has 0 saturated carbocycles. The molecule has 3 aromatic rings. The van der Waals surface area contributed by atoms with Crippen LogP contribution in [0, 0.1) is 0 Å². The molecule has 0 fully saturated rings. The van der Waals surface area contributed by atoms with E-state index in [1.165, 1.54) is 0 Å². The first-order valence-electron chi connectivity index (χ1n) is 10.5. The number of nitrogens with one attached hydrogen (secondary N) is 1. The molecule has 0 spiro atoms. The minimum Gasteiger partial charge on any atom is -0.453 e. The van der Waals surface area contributed by atoms with Gasteiger partial charge in [-0.15, -0.1) is 10.2 Å². The number of fused-ring (bicyclic) bond motifs is 1. The summed E-state index contributed by atoms with van der Waals surface area (Å²) in [4.78, 5) is 14.7. The van der Waals surface area contributed by atoms with Crippen molar-refractivity contribution in [3.05, 3.63) is 76.2 Å². The fourth-order valence-corrected chi connectivity index (χ4v) is 3.97. The lowest BCUT2D eigenvalue weighted by atomic mass is 10.2. The largest absolute Gasteiger partial charge is 0.453 e. The van der Waals surface area contributed by atoms with Crippen LogP contribution in [0.3, 0.4) is 0 Å². The Labute approximate surface area is 191 Å². The van der Waals surface area contributed by atoms with Gasteiger partial charge < -0.3 is 19.0 Å². The van der Waals surface area contributed by atoms with Gasteiger partial charge in [-0.25, -0.2) is 0 Å². The molecule has 0 saturated heterocycles. The molecule has 1 N–H and O–H groups in total. The number of aromatic nitrogens is 3. The number of amides is 1. The molecule has 4 rings (SSSR count). The van der Waals surface area contributed by atoms with Crippen LogP contribution in [0.4, 0.5) is 0 Å². The van der Waals surface area contributed by atoms with Gasteiger partial charge in [-0.05, 0) is 23.8 Å². The molecule has 0 unspecified atom stereocenters. The van der Waals surface area contributed by atoms with Crippen molar-refractivity contribution in [3.63, 3.8) is 0 Å². The van der Waals surface area contributed by atoms with Crippen LogP contribution < -0.4 is 5.32 Å². The minimum atomic E-state index is -0.294. The third-order valence-electron chi connectivity index (χ3n) is 5.27. The third kappa shape index (κ3) is 5.64. The number of nitrogens with zero attached hydrogens (tertiary/aromatic N) is 4. The Morgan fingerprint density at radius 3 is 2.84 bits per heavy atom. The minimum absolute atomic E-state index is 0.249. The van der Waals surface area contributed by atoms with Crippen molar-refractivity contribution in [1.82, 2.24) is 25.0 Å². The highest BCUT2D eigenvalue weighted by atomic mass is 35.5. The third-order valence-corrected chi connectivity index (χ3v) is 5.50. The van der Waals surface area contributed by atoms with Crippen molar-refractivity contribution in [3.8, 4) is 0 Å². The Morgan fingerprint density at radius 2 is 2.03 bits per heavy atom. The predicted octanol–water partition coefficient (Wildman–Crippen LogP) is 3.09. The summed E-state index contributed by atoms with van der Waals surface area (Å²) in [6, 6.07) is 13.4. The quantitative estimate of drug-likeness (QED) is 0.561. The average Bonchev–Trinajstić information content (AvgIpc) is 3.37. The van der Waals surface area contributed by atoms with Crippen LogP contribution in [-0.4, -0.2) is 52.3 Å². The second-order valence-electron chi connectivity index (χ2n) is 7.59. The maximum atomic E-state index is 12.4. The molecule has 9 heteroatoms. The lowest BCUT2D eigenvalue weighted by Gasteiger charge is -2.19. The Kier molecular flexibility index (Phi) is 7.36. The van der Waals surface area contributed by atoms with E-state index in [4.69, 9.17) is 20.8 Å². The molecule has 0 aliphatic carbocycles. The maximum absolute atomic E-state index is 12.4. The summed E-state index contributed by atoms with van der Waals surface area (Å²) >= 11 is 6.50. The number of methoxy groups -OCH3 is 1. The Morgan fingerprint density at radius 1 is 1.19 bits per heavy atom. The number of hydrogen-bond acceptors (Lipinski definition) is 6. The number of furan rings is 1. The van der Waals surface area contributed by atoms with Crippen molar-refractivity contribution in [1.29, 1.82) is 0 Å². The molecule has 3 heterocycles. The topological polar surface area (TPSA) is 85.4 Å². The summed E-state index contributed by atoms with van der Waals surface area (Å²) in [5.74, 6) is 2.20. The highest BCUT2D eigenvalue weighted by Crippen LogP contribution is 2.15. The van der Waals surface area contributed by atoms with Gasteiger partial charge in [-0.2, -0.15) is 0 Å². The Hall–Kier alpha value is -2.94. The zero-order valence-electron chi connectivity index (χ0n) is 18.0. The Balaban J connectivity index is 1.32. The van der Waals surface area contributed by atoms with E-state index < -0.39 is 0 Å². The normalized spacial score (nSPS) is 14.8. The molecule has 1 amide bonds. The summed E-state index contributed by atoms with van der Waals surface area (Å²) in [5, 5.41) is 12.3. The van der Waals surface area contributed by atoms with Gasteiger partial charge in [0.25, 0.3) is 5.91 Å². The monoisotopic (exact) mass is 455 g/mol. The molecule has 8 nitrogen and oxygen atoms in total. The van der Waals surface area contributed by atoms with E-state index in [2.05, 4.69) is 25.0 Å². The van der Waals surface area contributed by atoms with Crippen LogP contribution in [0.25, 0.3) is 6.08 Å². The van der Waals surface area contributed by atoms with Crippen LogP contribution in [0.5, 0.6) is 0 Å². The summed E-state index contributed by atoms with van der Waals surface area (Å²) in [7, 11) is 1.58. The van der Waals surface area contributed by atoms with Crippen molar-refractivity contribution in [2.75, 3.05) is 26.7 Å². The SMILES string of the molecule is COCc1ccc(C(=O)NCc2nnc3n2CCN(CC(Cl)=Cc2ccccc2)CC3)o1. The molecule has 2 aromatic heterocycles. The summed E-state index contributed by atoms with van der Waals surface area (Å²) in [6.45, 7) is 3.69. The molecular formula is C23H26ClN5O3. The average molecular weight is 456 g/mol. The maximum Gasteiger partial charge on any atom is 0.287 e. The lowest BCUT2D eigenvalue weighted by Crippen LogP contribution is -2.29. The Bertz CT molecular complexity index is 1080. The molecule has 1 aliphatic heterocycles. The number of ether oxygens (including phenoxy) is 1.